The van der Waals surface area contributed by atoms with E-state index in [0.717, 1.165) is 12.1 Å². The van der Waals surface area contributed by atoms with Crippen LogP contribution in [0, 0.1) is 5.41 Å². The van der Waals surface area contributed by atoms with Crippen LogP contribution in [0.2, 0.25) is 0 Å². The number of piperidine rings is 1. The van der Waals surface area contributed by atoms with E-state index in [1.54, 1.807) is 0 Å². The second-order valence-corrected chi connectivity index (χ2v) is 6.88. The van der Waals surface area contributed by atoms with Gasteiger partial charge in [0.1, 0.15) is 0 Å². The van der Waals surface area contributed by atoms with Crippen LogP contribution in [-0.2, 0) is 0 Å². The van der Waals surface area contributed by atoms with Crippen LogP contribution in [0.4, 0.5) is 0 Å². The standard InChI is InChI=1S/C20H24N2O/c1-20(2)18(21-23)14-17(15-10-6-4-7-11-15)22(3)19(20)16-12-8-5-9-13-16/h4-13,17,19,23H,14H2,1-3H3/b21-18+/t17-,19-/m1/s1. The highest BCUT2D eigenvalue weighted by Crippen LogP contribution is 2.49. The van der Waals surface area contributed by atoms with Crippen molar-refractivity contribution in [3.05, 3.63) is 71.8 Å². The SMILES string of the molecule is CN1[C@@H](c2ccccc2)C/C(=N\O)C(C)(C)[C@H]1c1ccccc1. The van der Waals surface area contributed by atoms with Gasteiger partial charge in [-0.15, -0.1) is 0 Å². The minimum atomic E-state index is -0.226. The van der Waals surface area contributed by atoms with Crippen molar-refractivity contribution < 1.29 is 5.21 Å². The van der Waals surface area contributed by atoms with Gasteiger partial charge in [0.25, 0.3) is 0 Å². The minimum Gasteiger partial charge on any atom is -0.411 e. The normalized spacial score (nSPS) is 26.3. The minimum absolute atomic E-state index is 0.161. The number of hydrogen-bond donors (Lipinski definition) is 1. The molecule has 0 bridgehead atoms. The van der Waals surface area contributed by atoms with Crippen molar-refractivity contribution in [1.29, 1.82) is 0 Å². The summed E-state index contributed by atoms with van der Waals surface area (Å²) in [5.74, 6) is 0. The van der Waals surface area contributed by atoms with Crippen LogP contribution < -0.4 is 0 Å². The molecule has 0 amide bonds. The average Bonchev–Trinajstić information content (AvgIpc) is 2.56. The third-order valence-electron chi connectivity index (χ3n) is 5.13. The smallest absolute Gasteiger partial charge is 0.0664 e. The summed E-state index contributed by atoms with van der Waals surface area (Å²) in [5, 5.41) is 13.3. The average molecular weight is 308 g/mol. The summed E-state index contributed by atoms with van der Waals surface area (Å²) in [6, 6.07) is 21.3. The Morgan fingerprint density at radius 3 is 2.00 bits per heavy atom. The zero-order valence-corrected chi connectivity index (χ0v) is 14.0. The largest absolute Gasteiger partial charge is 0.411 e. The van der Waals surface area contributed by atoms with Crippen LogP contribution in [-0.4, -0.2) is 22.9 Å². The second kappa shape index (κ2) is 6.17. The summed E-state index contributed by atoms with van der Waals surface area (Å²) in [7, 11) is 2.17. The fourth-order valence-electron chi connectivity index (χ4n) is 3.92. The lowest BCUT2D eigenvalue weighted by Gasteiger charge is -2.49. The molecule has 0 aliphatic carbocycles. The lowest BCUT2D eigenvalue weighted by Crippen LogP contribution is -2.48. The molecule has 120 valence electrons. The van der Waals surface area contributed by atoms with Crippen molar-refractivity contribution in [2.24, 2.45) is 10.6 Å². The molecule has 3 heteroatoms. The highest BCUT2D eigenvalue weighted by atomic mass is 16.4. The summed E-state index contributed by atoms with van der Waals surface area (Å²) < 4.78 is 0. The molecule has 0 aromatic heterocycles. The molecule has 2 atom stereocenters. The fraction of sp³-hybridized carbons (Fsp3) is 0.350. The fourth-order valence-corrected chi connectivity index (χ4v) is 3.92. The summed E-state index contributed by atoms with van der Waals surface area (Å²) in [6.45, 7) is 4.33. The van der Waals surface area contributed by atoms with Gasteiger partial charge in [-0.2, -0.15) is 0 Å². The first-order valence-electron chi connectivity index (χ1n) is 8.09. The Morgan fingerprint density at radius 2 is 1.48 bits per heavy atom. The van der Waals surface area contributed by atoms with Gasteiger partial charge in [0.15, 0.2) is 0 Å². The maximum atomic E-state index is 9.61. The predicted molar refractivity (Wildman–Crippen MR) is 93.7 cm³/mol. The molecular formula is C20H24N2O. The van der Waals surface area contributed by atoms with E-state index < -0.39 is 0 Å². The van der Waals surface area contributed by atoms with Crippen molar-refractivity contribution in [3.8, 4) is 0 Å². The Kier molecular flexibility index (Phi) is 4.22. The number of rotatable bonds is 2. The predicted octanol–water partition coefficient (Wildman–Crippen LogP) is 4.66. The van der Waals surface area contributed by atoms with Gasteiger partial charge in [-0.05, 0) is 18.2 Å². The number of nitrogens with zero attached hydrogens (tertiary/aromatic N) is 2. The first-order chi connectivity index (χ1) is 11.1. The van der Waals surface area contributed by atoms with Crippen molar-refractivity contribution in [3.63, 3.8) is 0 Å². The molecule has 23 heavy (non-hydrogen) atoms. The maximum Gasteiger partial charge on any atom is 0.0664 e. The molecule has 1 saturated heterocycles. The highest BCUT2D eigenvalue weighted by molar-refractivity contribution is 5.91. The lowest BCUT2D eigenvalue weighted by atomic mass is 9.69. The van der Waals surface area contributed by atoms with Gasteiger partial charge in [-0.3, -0.25) is 4.90 Å². The molecule has 0 saturated carbocycles. The van der Waals surface area contributed by atoms with E-state index in [9.17, 15) is 5.21 Å². The van der Waals surface area contributed by atoms with E-state index in [1.807, 2.05) is 12.1 Å². The third-order valence-corrected chi connectivity index (χ3v) is 5.13. The first kappa shape index (κ1) is 15.8. The molecule has 0 radical (unpaired) electrons. The van der Waals surface area contributed by atoms with E-state index in [1.165, 1.54) is 11.1 Å². The summed E-state index contributed by atoms with van der Waals surface area (Å²) in [5.41, 5.74) is 3.14. The van der Waals surface area contributed by atoms with Crippen molar-refractivity contribution >= 4 is 5.71 Å². The second-order valence-electron chi connectivity index (χ2n) is 6.88. The van der Waals surface area contributed by atoms with Crippen LogP contribution in [0.3, 0.4) is 0 Å². The lowest BCUT2D eigenvalue weighted by molar-refractivity contribution is 0.0828. The summed E-state index contributed by atoms with van der Waals surface area (Å²) in [6.07, 6.45) is 0.743. The van der Waals surface area contributed by atoms with E-state index in [2.05, 4.69) is 79.5 Å². The van der Waals surface area contributed by atoms with Gasteiger partial charge in [-0.1, -0.05) is 79.7 Å². The molecule has 1 aliphatic rings. The number of benzene rings is 2. The van der Waals surface area contributed by atoms with Crippen LogP contribution >= 0.6 is 0 Å². The number of hydrogen-bond acceptors (Lipinski definition) is 3. The van der Waals surface area contributed by atoms with Gasteiger partial charge in [0, 0.05) is 23.9 Å². The van der Waals surface area contributed by atoms with E-state index in [4.69, 9.17) is 0 Å². The Labute approximate surface area is 138 Å². The quantitative estimate of drug-likeness (QED) is 0.647. The Balaban J connectivity index is 2.08. The Bertz CT molecular complexity index is 679. The zero-order chi connectivity index (χ0) is 16.4. The molecule has 1 fully saturated rings. The molecule has 1 N–H and O–H groups in total. The van der Waals surface area contributed by atoms with Gasteiger partial charge < -0.3 is 5.21 Å². The molecule has 2 aromatic carbocycles. The Morgan fingerprint density at radius 1 is 0.957 bits per heavy atom. The van der Waals surface area contributed by atoms with Crippen LogP contribution in [0.1, 0.15) is 43.5 Å². The Hall–Kier alpha value is -2.13. The first-order valence-corrected chi connectivity index (χ1v) is 8.09. The van der Waals surface area contributed by atoms with Gasteiger partial charge in [-0.25, -0.2) is 0 Å². The number of likely N-dealkylation sites (tertiary alicyclic amines) is 1. The molecule has 1 heterocycles. The third kappa shape index (κ3) is 2.77. The molecule has 3 rings (SSSR count). The van der Waals surface area contributed by atoms with Crippen LogP contribution in [0.5, 0.6) is 0 Å². The van der Waals surface area contributed by atoms with Gasteiger partial charge in [0.05, 0.1) is 5.71 Å². The van der Waals surface area contributed by atoms with E-state index in [-0.39, 0.29) is 17.5 Å². The van der Waals surface area contributed by atoms with E-state index in [0.29, 0.717) is 0 Å². The van der Waals surface area contributed by atoms with E-state index >= 15 is 0 Å². The molecule has 2 aromatic rings. The zero-order valence-electron chi connectivity index (χ0n) is 14.0. The van der Waals surface area contributed by atoms with Crippen molar-refractivity contribution in [2.75, 3.05) is 7.05 Å². The highest BCUT2D eigenvalue weighted by Gasteiger charge is 2.46. The summed E-state index contributed by atoms with van der Waals surface area (Å²) >= 11 is 0. The maximum absolute atomic E-state index is 9.61. The topological polar surface area (TPSA) is 35.8 Å². The van der Waals surface area contributed by atoms with Crippen LogP contribution in [0.15, 0.2) is 65.8 Å². The van der Waals surface area contributed by atoms with Crippen molar-refractivity contribution in [1.82, 2.24) is 4.90 Å². The molecule has 1 aliphatic heterocycles. The monoisotopic (exact) mass is 308 g/mol. The molecular weight excluding hydrogens is 284 g/mol. The molecule has 3 nitrogen and oxygen atoms in total. The van der Waals surface area contributed by atoms with Gasteiger partial charge in [0.2, 0.25) is 0 Å². The summed E-state index contributed by atoms with van der Waals surface area (Å²) in [4.78, 5) is 2.42. The number of oxime groups is 1. The molecule has 0 unspecified atom stereocenters. The van der Waals surface area contributed by atoms with Gasteiger partial charge >= 0.3 is 0 Å². The van der Waals surface area contributed by atoms with Crippen molar-refractivity contribution in [2.45, 2.75) is 32.4 Å². The van der Waals surface area contributed by atoms with Crippen LogP contribution in [0.25, 0.3) is 0 Å². The molecule has 0 spiro atoms.